The Morgan fingerprint density at radius 3 is 3.14 bits per heavy atom. The molecule has 78 valence electrons. The number of hydrogen-bond donors (Lipinski definition) is 0. The number of rotatable bonds is 5. The maximum atomic E-state index is 9.92. The van der Waals surface area contributed by atoms with Gasteiger partial charge in [-0.25, -0.2) is 9.79 Å². The summed E-state index contributed by atoms with van der Waals surface area (Å²) >= 11 is 0. The van der Waals surface area contributed by atoms with Gasteiger partial charge in [0.25, 0.3) is 0 Å². The van der Waals surface area contributed by atoms with Crippen LogP contribution in [0.1, 0.15) is 26.2 Å². The van der Waals surface area contributed by atoms with E-state index >= 15 is 0 Å². The Bertz CT molecular complexity index is 244. The van der Waals surface area contributed by atoms with Gasteiger partial charge in [-0.1, -0.05) is 19.1 Å². The van der Waals surface area contributed by atoms with Gasteiger partial charge in [0.1, 0.15) is 0 Å². The average Bonchev–Trinajstić information content (AvgIpc) is 2.62. The van der Waals surface area contributed by atoms with Crippen molar-refractivity contribution in [3.05, 3.63) is 12.2 Å². The highest BCUT2D eigenvalue weighted by Crippen LogP contribution is 2.22. The number of likely N-dealkylation sites (tertiary alicyclic amines) is 1. The first kappa shape index (κ1) is 11.2. The first-order valence-electron chi connectivity index (χ1n) is 5.22. The first-order chi connectivity index (χ1) is 6.77. The summed E-state index contributed by atoms with van der Waals surface area (Å²) in [6.45, 7) is 8.86. The molecule has 1 saturated heterocycles. The molecule has 3 nitrogen and oxygen atoms in total. The quantitative estimate of drug-likeness (QED) is 0.379. The first-order valence-corrected chi connectivity index (χ1v) is 5.22. The van der Waals surface area contributed by atoms with E-state index in [0.29, 0.717) is 12.6 Å². The third-order valence-corrected chi connectivity index (χ3v) is 2.80. The summed E-state index contributed by atoms with van der Waals surface area (Å²) in [5.41, 5.74) is 1.04. The molecule has 0 amide bonds. The zero-order valence-electron chi connectivity index (χ0n) is 8.83. The lowest BCUT2D eigenvalue weighted by molar-refractivity contribution is 0.265. The van der Waals surface area contributed by atoms with Crippen LogP contribution in [-0.4, -0.2) is 36.7 Å². The topological polar surface area (TPSA) is 32.7 Å². The summed E-state index contributed by atoms with van der Waals surface area (Å²) in [5.74, 6) is 0. The largest absolute Gasteiger partial charge is 0.300 e. The molecular weight excluding hydrogens is 176 g/mol. The Balaban J connectivity index is 2.35. The second kappa shape index (κ2) is 5.74. The van der Waals surface area contributed by atoms with Crippen LogP contribution in [0.15, 0.2) is 17.1 Å². The smallest absolute Gasteiger partial charge is 0.235 e. The lowest BCUT2D eigenvalue weighted by Gasteiger charge is -2.22. The van der Waals surface area contributed by atoms with Crippen LogP contribution in [0.4, 0.5) is 0 Å². The zero-order valence-corrected chi connectivity index (χ0v) is 8.83. The van der Waals surface area contributed by atoms with E-state index in [2.05, 4.69) is 23.4 Å². The average molecular weight is 194 g/mol. The molecule has 1 atom stereocenters. The number of isocyanates is 1. The van der Waals surface area contributed by atoms with Gasteiger partial charge in [0.2, 0.25) is 6.08 Å². The molecule has 1 aliphatic rings. The van der Waals surface area contributed by atoms with Gasteiger partial charge in [-0.05, 0) is 32.4 Å². The van der Waals surface area contributed by atoms with Crippen LogP contribution in [0.3, 0.4) is 0 Å². The van der Waals surface area contributed by atoms with Crippen molar-refractivity contribution < 1.29 is 4.79 Å². The van der Waals surface area contributed by atoms with Crippen molar-refractivity contribution in [3.63, 3.8) is 0 Å². The van der Waals surface area contributed by atoms with Gasteiger partial charge in [-0.15, -0.1) is 0 Å². The molecule has 1 heterocycles. The van der Waals surface area contributed by atoms with Gasteiger partial charge in [0, 0.05) is 6.04 Å². The van der Waals surface area contributed by atoms with E-state index in [1.165, 1.54) is 19.4 Å². The number of nitrogens with zero attached hydrogens (tertiary/aromatic N) is 2. The molecule has 3 heteroatoms. The zero-order chi connectivity index (χ0) is 10.4. The molecule has 0 N–H and O–H groups in total. The summed E-state index contributed by atoms with van der Waals surface area (Å²) in [6, 6.07) is 0.620. The molecule has 0 saturated carbocycles. The van der Waals surface area contributed by atoms with Crippen LogP contribution < -0.4 is 0 Å². The fraction of sp³-hybridized carbons (Fsp3) is 0.727. The summed E-state index contributed by atoms with van der Waals surface area (Å²) < 4.78 is 0. The lowest BCUT2D eigenvalue weighted by atomic mass is 10.1. The molecule has 0 spiro atoms. The normalized spacial score (nSPS) is 21.9. The van der Waals surface area contributed by atoms with Crippen LogP contribution >= 0.6 is 0 Å². The number of carbonyl (C=O) groups excluding carboxylic acids is 1. The van der Waals surface area contributed by atoms with Crippen LogP contribution in [0.5, 0.6) is 0 Å². The van der Waals surface area contributed by atoms with Gasteiger partial charge in [-0.2, -0.15) is 0 Å². The molecule has 0 bridgehead atoms. The number of aliphatic imine (C=N–C) groups is 1. The summed E-state index contributed by atoms with van der Waals surface area (Å²) in [4.78, 5) is 15.9. The minimum Gasteiger partial charge on any atom is -0.300 e. The molecule has 1 aliphatic heterocycles. The van der Waals surface area contributed by atoms with E-state index in [0.717, 1.165) is 18.5 Å². The van der Waals surface area contributed by atoms with Crippen molar-refractivity contribution in [2.45, 2.75) is 32.2 Å². The highest BCUT2D eigenvalue weighted by Gasteiger charge is 2.22. The van der Waals surface area contributed by atoms with E-state index in [9.17, 15) is 4.79 Å². The lowest BCUT2D eigenvalue weighted by Crippen LogP contribution is -2.29. The van der Waals surface area contributed by atoms with E-state index in [1.54, 1.807) is 6.08 Å². The summed E-state index contributed by atoms with van der Waals surface area (Å²) in [7, 11) is 0. The fourth-order valence-corrected chi connectivity index (χ4v) is 2.08. The summed E-state index contributed by atoms with van der Waals surface area (Å²) in [6.07, 6.45) is 5.05. The van der Waals surface area contributed by atoms with E-state index in [1.807, 2.05) is 0 Å². The molecule has 0 aliphatic carbocycles. The molecule has 0 radical (unpaired) electrons. The van der Waals surface area contributed by atoms with Gasteiger partial charge in [0.05, 0.1) is 6.54 Å². The van der Waals surface area contributed by atoms with Crippen LogP contribution in [0, 0.1) is 0 Å². The van der Waals surface area contributed by atoms with Crippen molar-refractivity contribution in [2.75, 3.05) is 19.6 Å². The van der Waals surface area contributed by atoms with Crippen molar-refractivity contribution >= 4 is 6.08 Å². The van der Waals surface area contributed by atoms with Crippen molar-refractivity contribution in [1.29, 1.82) is 0 Å². The Morgan fingerprint density at radius 1 is 1.71 bits per heavy atom. The SMILES string of the molecule is C=C(CN=C=O)CC1CCCN1CC. The van der Waals surface area contributed by atoms with E-state index < -0.39 is 0 Å². The van der Waals surface area contributed by atoms with E-state index in [4.69, 9.17) is 0 Å². The van der Waals surface area contributed by atoms with Crippen molar-refractivity contribution in [3.8, 4) is 0 Å². The molecule has 0 aromatic carbocycles. The van der Waals surface area contributed by atoms with Crippen LogP contribution in [-0.2, 0) is 4.79 Å². The Morgan fingerprint density at radius 2 is 2.50 bits per heavy atom. The minimum absolute atomic E-state index is 0.442. The highest BCUT2D eigenvalue weighted by atomic mass is 16.1. The molecule has 14 heavy (non-hydrogen) atoms. The second-order valence-corrected chi connectivity index (χ2v) is 3.79. The van der Waals surface area contributed by atoms with Crippen LogP contribution in [0.25, 0.3) is 0 Å². The fourth-order valence-electron chi connectivity index (χ4n) is 2.08. The molecule has 1 rings (SSSR count). The van der Waals surface area contributed by atoms with E-state index in [-0.39, 0.29) is 0 Å². The molecule has 1 unspecified atom stereocenters. The standard InChI is InChI=1S/C11H18N2O/c1-3-13-6-4-5-11(13)7-10(2)8-12-9-14/h11H,2-8H2,1H3. The Hall–Kier alpha value is -0.920. The summed E-state index contributed by atoms with van der Waals surface area (Å²) in [5, 5.41) is 0. The highest BCUT2D eigenvalue weighted by molar-refractivity contribution is 5.33. The number of hydrogen-bond acceptors (Lipinski definition) is 3. The third kappa shape index (κ3) is 3.09. The van der Waals surface area contributed by atoms with Crippen LogP contribution in [0.2, 0.25) is 0 Å². The van der Waals surface area contributed by atoms with Crippen molar-refractivity contribution in [2.24, 2.45) is 4.99 Å². The minimum atomic E-state index is 0.442. The van der Waals surface area contributed by atoms with Gasteiger partial charge < -0.3 is 4.90 Å². The third-order valence-electron chi connectivity index (χ3n) is 2.80. The van der Waals surface area contributed by atoms with Gasteiger partial charge in [-0.3, -0.25) is 0 Å². The molecule has 0 aromatic heterocycles. The van der Waals surface area contributed by atoms with Crippen molar-refractivity contribution in [1.82, 2.24) is 4.90 Å². The van der Waals surface area contributed by atoms with Gasteiger partial charge in [0.15, 0.2) is 0 Å². The maximum Gasteiger partial charge on any atom is 0.235 e. The maximum absolute atomic E-state index is 9.92. The monoisotopic (exact) mass is 194 g/mol. The molecular formula is C11H18N2O. The Kier molecular flexibility index (Phi) is 4.57. The van der Waals surface area contributed by atoms with Gasteiger partial charge >= 0.3 is 0 Å². The molecule has 1 fully saturated rings. The second-order valence-electron chi connectivity index (χ2n) is 3.79. The predicted octanol–water partition coefficient (Wildman–Crippen LogP) is 1.75. The predicted molar refractivity (Wildman–Crippen MR) is 57.0 cm³/mol. The Labute approximate surface area is 85.5 Å². The molecule has 0 aromatic rings.